The van der Waals surface area contributed by atoms with E-state index in [1.807, 2.05) is 11.9 Å². The highest BCUT2D eigenvalue weighted by atomic mass is 16.5. The molecule has 0 amide bonds. The van der Waals surface area contributed by atoms with Crippen LogP contribution in [0.5, 0.6) is 0 Å². The van der Waals surface area contributed by atoms with Gasteiger partial charge < -0.3 is 9.47 Å². The van der Waals surface area contributed by atoms with Crippen molar-refractivity contribution in [3.05, 3.63) is 0 Å². The van der Waals surface area contributed by atoms with Gasteiger partial charge >= 0.3 is 5.97 Å². The van der Waals surface area contributed by atoms with Gasteiger partial charge in [-0.25, -0.2) is 0 Å². The lowest BCUT2D eigenvalue weighted by atomic mass is 10.1. The van der Waals surface area contributed by atoms with Gasteiger partial charge in [0.2, 0.25) is 0 Å². The van der Waals surface area contributed by atoms with Crippen molar-refractivity contribution in [1.82, 2.24) is 4.90 Å². The number of carbonyl (C=O) groups excluding carboxylic acids is 1. The number of methoxy groups -OCH3 is 1. The lowest BCUT2D eigenvalue weighted by Crippen LogP contribution is -2.36. The summed E-state index contributed by atoms with van der Waals surface area (Å²) in [5.74, 6) is -0.191. The van der Waals surface area contributed by atoms with E-state index in [9.17, 15) is 4.79 Å². The molecule has 0 aromatic carbocycles. The Labute approximate surface area is 85.2 Å². The average Bonchev–Trinajstić information content (AvgIpc) is 2.19. The van der Waals surface area contributed by atoms with Crippen molar-refractivity contribution in [3.63, 3.8) is 0 Å². The van der Waals surface area contributed by atoms with Gasteiger partial charge in [0.25, 0.3) is 0 Å². The third-order valence-electron chi connectivity index (χ3n) is 2.42. The number of esters is 1. The van der Waals surface area contributed by atoms with Crippen molar-refractivity contribution in [2.24, 2.45) is 0 Å². The summed E-state index contributed by atoms with van der Waals surface area (Å²) in [6.45, 7) is 2.02. The number of hydrogen-bond donors (Lipinski definition) is 0. The molecule has 1 unspecified atom stereocenters. The standard InChI is InChI=1S/C10H19NO3/c1-11(8-10(12)13-2)7-9-5-3-4-6-14-9/h9H,3-8H2,1-2H3. The summed E-state index contributed by atoms with van der Waals surface area (Å²) in [5, 5.41) is 0. The smallest absolute Gasteiger partial charge is 0.319 e. The quantitative estimate of drug-likeness (QED) is 0.626. The van der Waals surface area contributed by atoms with Gasteiger partial charge in [-0.05, 0) is 26.3 Å². The van der Waals surface area contributed by atoms with E-state index in [-0.39, 0.29) is 5.97 Å². The molecule has 0 radical (unpaired) electrons. The zero-order chi connectivity index (χ0) is 10.4. The van der Waals surface area contributed by atoms with Gasteiger partial charge in [-0.3, -0.25) is 9.69 Å². The Hall–Kier alpha value is -0.610. The predicted octanol–water partition coefficient (Wildman–Crippen LogP) is 0.660. The minimum absolute atomic E-state index is 0.191. The van der Waals surface area contributed by atoms with Crippen LogP contribution in [0.3, 0.4) is 0 Å². The minimum atomic E-state index is -0.191. The van der Waals surface area contributed by atoms with Crippen LogP contribution in [-0.4, -0.2) is 50.8 Å². The molecular formula is C10H19NO3. The molecule has 1 fully saturated rings. The molecule has 1 aliphatic heterocycles. The van der Waals surface area contributed by atoms with Crippen molar-refractivity contribution >= 4 is 5.97 Å². The normalized spacial score (nSPS) is 22.4. The second-order valence-electron chi connectivity index (χ2n) is 3.76. The first-order valence-corrected chi connectivity index (χ1v) is 5.09. The van der Waals surface area contributed by atoms with Crippen LogP contribution in [0, 0.1) is 0 Å². The van der Waals surface area contributed by atoms with Crippen LogP contribution in [-0.2, 0) is 14.3 Å². The van der Waals surface area contributed by atoms with Crippen LogP contribution in [0.25, 0.3) is 0 Å². The van der Waals surface area contributed by atoms with Gasteiger partial charge in [-0.2, -0.15) is 0 Å². The summed E-state index contributed by atoms with van der Waals surface area (Å²) in [5.41, 5.74) is 0. The van der Waals surface area contributed by atoms with Gasteiger partial charge in [0.1, 0.15) is 0 Å². The summed E-state index contributed by atoms with van der Waals surface area (Å²) >= 11 is 0. The first-order valence-electron chi connectivity index (χ1n) is 5.09. The van der Waals surface area contributed by atoms with Gasteiger partial charge in [0.05, 0.1) is 19.8 Å². The third kappa shape index (κ3) is 4.07. The van der Waals surface area contributed by atoms with Crippen molar-refractivity contribution in [1.29, 1.82) is 0 Å². The molecule has 1 heterocycles. The summed E-state index contributed by atoms with van der Waals surface area (Å²) in [6.07, 6.45) is 3.79. The fourth-order valence-electron chi connectivity index (χ4n) is 1.65. The monoisotopic (exact) mass is 201 g/mol. The molecule has 4 heteroatoms. The molecule has 0 bridgehead atoms. The fourth-order valence-corrected chi connectivity index (χ4v) is 1.65. The molecule has 0 spiro atoms. The van der Waals surface area contributed by atoms with E-state index in [2.05, 4.69) is 4.74 Å². The predicted molar refractivity (Wildman–Crippen MR) is 53.1 cm³/mol. The number of likely N-dealkylation sites (N-methyl/N-ethyl adjacent to an activating group) is 1. The lowest BCUT2D eigenvalue weighted by Gasteiger charge is -2.26. The van der Waals surface area contributed by atoms with Crippen LogP contribution in [0.2, 0.25) is 0 Å². The van der Waals surface area contributed by atoms with Gasteiger partial charge in [-0.15, -0.1) is 0 Å². The van der Waals surface area contributed by atoms with E-state index < -0.39 is 0 Å². The molecule has 1 atom stereocenters. The molecule has 0 N–H and O–H groups in total. The second-order valence-corrected chi connectivity index (χ2v) is 3.76. The summed E-state index contributed by atoms with van der Waals surface area (Å²) in [7, 11) is 3.32. The number of carbonyl (C=O) groups is 1. The highest BCUT2D eigenvalue weighted by Gasteiger charge is 2.17. The number of rotatable bonds is 4. The van der Waals surface area contributed by atoms with E-state index in [4.69, 9.17) is 4.74 Å². The van der Waals surface area contributed by atoms with Crippen LogP contribution in [0.1, 0.15) is 19.3 Å². The molecule has 4 nitrogen and oxygen atoms in total. The van der Waals surface area contributed by atoms with Gasteiger partial charge in [-0.1, -0.05) is 0 Å². The van der Waals surface area contributed by atoms with Crippen LogP contribution in [0.15, 0.2) is 0 Å². The Kier molecular flexibility index (Phi) is 4.90. The molecule has 1 saturated heterocycles. The molecule has 0 aromatic rings. The van der Waals surface area contributed by atoms with E-state index in [1.54, 1.807) is 0 Å². The van der Waals surface area contributed by atoms with E-state index in [1.165, 1.54) is 13.5 Å². The van der Waals surface area contributed by atoms with E-state index in [0.717, 1.165) is 26.0 Å². The van der Waals surface area contributed by atoms with Crippen LogP contribution >= 0.6 is 0 Å². The molecule has 0 saturated carbocycles. The van der Waals surface area contributed by atoms with E-state index in [0.29, 0.717) is 12.6 Å². The molecular weight excluding hydrogens is 182 g/mol. The maximum Gasteiger partial charge on any atom is 0.319 e. The van der Waals surface area contributed by atoms with Crippen molar-refractivity contribution in [2.75, 3.05) is 33.9 Å². The molecule has 1 rings (SSSR count). The van der Waals surface area contributed by atoms with Crippen molar-refractivity contribution in [3.8, 4) is 0 Å². The first kappa shape index (κ1) is 11.5. The highest BCUT2D eigenvalue weighted by molar-refractivity contribution is 5.71. The zero-order valence-electron chi connectivity index (χ0n) is 8.99. The summed E-state index contributed by atoms with van der Waals surface area (Å²) in [4.78, 5) is 12.9. The van der Waals surface area contributed by atoms with Crippen molar-refractivity contribution in [2.45, 2.75) is 25.4 Å². The molecule has 14 heavy (non-hydrogen) atoms. The minimum Gasteiger partial charge on any atom is -0.468 e. The first-order chi connectivity index (χ1) is 6.72. The Morgan fingerprint density at radius 2 is 2.36 bits per heavy atom. The molecule has 82 valence electrons. The Morgan fingerprint density at radius 3 is 2.93 bits per heavy atom. The fraction of sp³-hybridized carbons (Fsp3) is 0.900. The largest absolute Gasteiger partial charge is 0.468 e. The SMILES string of the molecule is COC(=O)CN(C)CC1CCCCO1. The molecule has 1 aliphatic rings. The van der Waals surface area contributed by atoms with Crippen LogP contribution < -0.4 is 0 Å². The average molecular weight is 201 g/mol. The summed E-state index contributed by atoms with van der Waals surface area (Å²) < 4.78 is 10.2. The highest BCUT2D eigenvalue weighted by Crippen LogP contribution is 2.13. The maximum atomic E-state index is 11.0. The maximum absolute atomic E-state index is 11.0. The Bertz CT molecular complexity index is 178. The molecule has 0 aromatic heterocycles. The lowest BCUT2D eigenvalue weighted by molar-refractivity contribution is -0.142. The van der Waals surface area contributed by atoms with Crippen LogP contribution in [0.4, 0.5) is 0 Å². The number of ether oxygens (including phenoxy) is 2. The van der Waals surface area contributed by atoms with Gasteiger partial charge in [0.15, 0.2) is 0 Å². The second kappa shape index (κ2) is 5.98. The Balaban J connectivity index is 2.18. The number of nitrogens with zero attached hydrogens (tertiary/aromatic N) is 1. The van der Waals surface area contributed by atoms with Gasteiger partial charge in [0, 0.05) is 13.2 Å². The zero-order valence-corrected chi connectivity index (χ0v) is 8.99. The van der Waals surface area contributed by atoms with E-state index >= 15 is 0 Å². The number of hydrogen-bond acceptors (Lipinski definition) is 4. The molecule has 0 aliphatic carbocycles. The third-order valence-corrected chi connectivity index (χ3v) is 2.42. The van der Waals surface area contributed by atoms with Crippen molar-refractivity contribution < 1.29 is 14.3 Å². The topological polar surface area (TPSA) is 38.8 Å². The Morgan fingerprint density at radius 1 is 1.57 bits per heavy atom. The summed E-state index contributed by atoms with van der Waals surface area (Å²) in [6, 6.07) is 0.